The van der Waals surface area contributed by atoms with E-state index in [0.29, 0.717) is 38.1 Å². The van der Waals surface area contributed by atoms with Gasteiger partial charge in [0.05, 0.1) is 37.9 Å². The third-order valence-corrected chi connectivity index (χ3v) is 16.5. The number of allylic oxidation sites excluding steroid dienone is 1. The molecule has 0 spiro atoms. The molecule has 1 amide bonds. The molecule has 0 unspecified atom stereocenters. The zero-order valence-electron chi connectivity index (χ0n) is 31.7. The highest BCUT2D eigenvalue weighted by Gasteiger charge is 2.73. The predicted octanol–water partition coefficient (Wildman–Crippen LogP) is 6.55. The van der Waals surface area contributed by atoms with E-state index in [2.05, 4.69) is 64.6 Å². The Morgan fingerprint density at radius 3 is 2.42 bits per heavy atom. The number of carboxylic acid groups (broad SMARTS) is 1. The van der Waals surface area contributed by atoms with Crippen LogP contribution in [-0.2, 0) is 14.3 Å². The lowest BCUT2D eigenvalue weighted by molar-refractivity contribution is -0.254. The number of hydrogen-bond acceptors (Lipinski definition) is 7. The van der Waals surface area contributed by atoms with Crippen LogP contribution in [0.4, 0.5) is 0 Å². The summed E-state index contributed by atoms with van der Waals surface area (Å²) in [7, 11) is 0. The Morgan fingerprint density at radius 2 is 1.76 bits per heavy atom. The summed E-state index contributed by atoms with van der Waals surface area (Å²) in [5.41, 5.74) is 12.3. The highest BCUT2D eigenvalue weighted by Crippen LogP contribution is 2.75. The number of amides is 1. The molecule has 1 aromatic rings. The van der Waals surface area contributed by atoms with Crippen molar-refractivity contribution in [3.05, 3.63) is 23.8 Å². The molecule has 5 N–H and O–H groups in total. The number of aromatic nitrogens is 3. The third kappa shape index (κ3) is 4.96. The van der Waals surface area contributed by atoms with Gasteiger partial charge in [0.1, 0.15) is 6.33 Å². The van der Waals surface area contributed by atoms with Crippen LogP contribution in [-0.4, -0.2) is 63.2 Å². The lowest BCUT2D eigenvalue weighted by Crippen LogP contribution is -2.70. The van der Waals surface area contributed by atoms with Crippen LogP contribution >= 0.6 is 0 Å². The number of carbonyl (C=O) groups is 2. The van der Waals surface area contributed by atoms with E-state index in [9.17, 15) is 14.7 Å². The minimum absolute atomic E-state index is 0.154. The van der Waals surface area contributed by atoms with Gasteiger partial charge in [-0.3, -0.25) is 9.59 Å². The van der Waals surface area contributed by atoms with Crippen molar-refractivity contribution in [1.29, 1.82) is 0 Å². The number of rotatable bonds is 8. The fraction of sp³-hybridized carbons (Fsp3) is 0.850. The zero-order chi connectivity index (χ0) is 36.1. The van der Waals surface area contributed by atoms with E-state index in [1.165, 1.54) is 18.3 Å². The van der Waals surface area contributed by atoms with Gasteiger partial charge in [-0.25, -0.2) is 9.67 Å². The van der Waals surface area contributed by atoms with E-state index in [1.54, 1.807) is 4.68 Å². The summed E-state index contributed by atoms with van der Waals surface area (Å²) in [6, 6.07) is -0.286. The Bertz CT molecular complexity index is 1530. The van der Waals surface area contributed by atoms with Gasteiger partial charge >= 0.3 is 5.97 Å². The normalized spacial score (nSPS) is 44.3. The standard InChI is InChI=1S/C40H63N5O5/c1-24(2)25(3)36(5)17-18-37(6)26-11-12-29-35(4)19-28(45-33(32(41)46)43-23-44-45)31(50-21-39(42)14-9-8-10-15-39)40(29,22-49-20-35)27(26)13-16-38(37,7)30(36)34(47)48/h13,23-26,28-31H,8-12,14-22,42H2,1-7H3,(H2,41,46)(H,47,48)/t25-,26+,28-,29-,30-,31+,35-,36-,37-,38+,40+/m1/s1. The summed E-state index contributed by atoms with van der Waals surface area (Å²) in [4.78, 5) is 30.6. The van der Waals surface area contributed by atoms with Crippen LogP contribution in [0.2, 0.25) is 0 Å². The SMILES string of the molecule is CC(C)[C@@H](C)[C@@]1(C)CC[C@]2(C)[C@H]3CC[C@@H]4[C@@]5(C)COC[C@@]4(C3=CC[C@@]2(C)[C@@H]1C(=O)O)[C@@H](OCC1(N)CCCCC1)[C@H](n1ncnc1C(N)=O)C5. The number of hydrogen-bond donors (Lipinski definition) is 3. The summed E-state index contributed by atoms with van der Waals surface area (Å²) in [6.07, 6.45) is 14.1. The number of carbonyl (C=O) groups excluding carboxylic acids is 1. The highest BCUT2D eigenvalue weighted by atomic mass is 16.5. The Labute approximate surface area is 298 Å². The number of nitrogens with zero attached hydrogens (tertiary/aromatic N) is 3. The molecule has 278 valence electrons. The van der Waals surface area contributed by atoms with E-state index in [4.69, 9.17) is 20.9 Å². The average Bonchev–Trinajstić information content (AvgIpc) is 3.55. The van der Waals surface area contributed by atoms with Gasteiger partial charge in [0.15, 0.2) is 0 Å². The van der Waals surface area contributed by atoms with Gasteiger partial charge in [-0.2, -0.15) is 5.10 Å². The summed E-state index contributed by atoms with van der Waals surface area (Å²) in [6.45, 7) is 17.6. The Balaban J connectivity index is 1.38. The van der Waals surface area contributed by atoms with Crippen LogP contribution in [0.15, 0.2) is 18.0 Å². The molecule has 2 heterocycles. The van der Waals surface area contributed by atoms with Crippen molar-refractivity contribution in [3.8, 4) is 0 Å². The molecule has 2 bridgehead atoms. The van der Waals surface area contributed by atoms with Gasteiger partial charge in [-0.1, -0.05) is 79.4 Å². The number of fused-ring (bicyclic) bond motifs is 3. The molecular weight excluding hydrogens is 630 g/mol. The van der Waals surface area contributed by atoms with Gasteiger partial charge in [-0.15, -0.1) is 0 Å². The quantitative estimate of drug-likeness (QED) is 0.259. The molecule has 11 atom stereocenters. The third-order valence-electron chi connectivity index (χ3n) is 16.5. The molecule has 0 radical (unpaired) electrons. The Kier molecular flexibility index (Phi) is 8.75. The van der Waals surface area contributed by atoms with E-state index in [0.717, 1.165) is 57.8 Å². The first-order valence-corrected chi connectivity index (χ1v) is 19.6. The maximum atomic E-state index is 13.6. The lowest BCUT2D eigenvalue weighted by Gasteiger charge is -2.71. The minimum atomic E-state index is -0.657. The molecule has 4 saturated carbocycles. The Hall–Kier alpha value is -2.30. The largest absolute Gasteiger partial charge is 0.481 e. The first kappa shape index (κ1) is 36.1. The lowest BCUT2D eigenvalue weighted by atomic mass is 9.34. The van der Waals surface area contributed by atoms with E-state index < -0.39 is 34.2 Å². The topological polar surface area (TPSA) is 156 Å². The van der Waals surface area contributed by atoms with Gasteiger partial charge in [0, 0.05) is 11.0 Å². The number of aliphatic carboxylic acids is 1. The number of nitrogens with two attached hydrogens (primary N) is 2. The van der Waals surface area contributed by atoms with E-state index in [1.807, 2.05) is 0 Å². The van der Waals surface area contributed by atoms with Crippen LogP contribution in [0.1, 0.15) is 136 Å². The van der Waals surface area contributed by atoms with Crippen LogP contribution in [0.3, 0.4) is 0 Å². The second kappa shape index (κ2) is 12.1. The van der Waals surface area contributed by atoms with Crippen molar-refractivity contribution in [2.45, 2.75) is 137 Å². The average molecular weight is 694 g/mol. The Morgan fingerprint density at radius 1 is 1.04 bits per heavy atom. The first-order chi connectivity index (χ1) is 23.5. The van der Waals surface area contributed by atoms with Gasteiger partial charge in [0.2, 0.25) is 5.82 Å². The smallest absolute Gasteiger partial charge is 0.307 e. The van der Waals surface area contributed by atoms with Crippen LogP contribution < -0.4 is 11.5 Å². The van der Waals surface area contributed by atoms with Crippen molar-refractivity contribution in [3.63, 3.8) is 0 Å². The fourth-order valence-electron chi connectivity index (χ4n) is 13.4. The van der Waals surface area contributed by atoms with E-state index in [-0.39, 0.29) is 46.1 Å². The van der Waals surface area contributed by atoms with Crippen molar-refractivity contribution in [1.82, 2.24) is 14.8 Å². The monoisotopic (exact) mass is 693 g/mol. The number of ether oxygens (including phenoxy) is 2. The highest BCUT2D eigenvalue weighted by molar-refractivity contribution is 5.89. The second-order valence-corrected chi connectivity index (χ2v) is 19.2. The maximum Gasteiger partial charge on any atom is 0.307 e. The maximum absolute atomic E-state index is 13.6. The van der Waals surface area contributed by atoms with Crippen molar-refractivity contribution < 1.29 is 24.2 Å². The molecule has 1 aliphatic heterocycles. The minimum Gasteiger partial charge on any atom is -0.481 e. The molecular formula is C40H63N5O5. The second-order valence-electron chi connectivity index (χ2n) is 19.2. The molecule has 5 aliphatic carbocycles. The molecule has 0 aromatic carbocycles. The fourth-order valence-corrected chi connectivity index (χ4v) is 13.4. The molecule has 6 aliphatic rings. The molecule has 1 saturated heterocycles. The number of primary amides is 1. The molecule has 10 heteroatoms. The zero-order valence-corrected chi connectivity index (χ0v) is 31.7. The van der Waals surface area contributed by atoms with Crippen LogP contribution in [0.5, 0.6) is 0 Å². The number of carboxylic acids is 1. The molecule has 5 fully saturated rings. The van der Waals surface area contributed by atoms with Crippen molar-refractivity contribution in [2.75, 3.05) is 19.8 Å². The summed E-state index contributed by atoms with van der Waals surface area (Å²) in [5, 5.41) is 15.8. The van der Waals surface area contributed by atoms with Gasteiger partial charge < -0.3 is 26.0 Å². The van der Waals surface area contributed by atoms with Crippen LogP contribution in [0.25, 0.3) is 0 Å². The van der Waals surface area contributed by atoms with Crippen molar-refractivity contribution >= 4 is 11.9 Å². The van der Waals surface area contributed by atoms with Crippen LogP contribution in [0, 0.1) is 56.7 Å². The molecule has 10 nitrogen and oxygen atoms in total. The molecule has 50 heavy (non-hydrogen) atoms. The van der Waals surface area contributed by atoms with E-state index >= 15 is 0 Å². The summed E-state index contributed by atoms with van der Waals surface area (Å²) < 4.78 is 15.7. The molecule has 7 rings (SSSR count). The first-order valence-electron chi connectivity index (χ1n) is 19.6. The molecule has 1 aromatic heterocycles. The van der Waals surface area contributed by atoms with Crippen molar-refractivity contribution in [2.24, 2.45) is 68.1 Å². The predicted molar refractivity (Wildman–Crippen MR) is 191 cm³/mol. The summed E-state index contributed by atoms with van der Waals surface area (Å²) in [5.74, 6) is -0.416. The summed E-state index contributed by atoms with van der Waals surface area (Å²) >= 11 is 0. The van der Waals surface area contributed by atoms with Gasteiger partial charge in [-0.05, 0) is 96.7 Å². The van der Waals surface area contributed by atoms with Gasteiger partial charge in [0.25, 0.3) is 5.91 Å².